The predicted octanol–water partition coefficient (Wildman–Crippen LogP) is 5.17. The van der Waals surface area contributed by atoms with Gasteiger partial charge in [-0.15, -0.1) is 0 Å². The molecule has 0 bridgehead atoms. The third kappa shape index (κ3) is 3.05. The molecule has 4 nitrogen and oxygen atoms in total. The molecule has 0 spiro atoms. The number of hydrazine groups is 1. The van der Waals surface area contributed by atoms with Crippen LogP contribution in [-0.4, -0.2) is 11.6 Å². The Morgan fingerprint density at radius 3 is 2.46 bits per heavy atom. The lowest BCUT2D eigenvalue weighted by Crippen LogP contribution is -2.42. The van der Waals surface area contributed by atoms with Crippen molar-refractivity contribution < 1.29 is 9.47 Å². The lowest BCUT2D eigenvalue weighted by atomic mass is 9.95. The average Bonchev–Trinajstić information content (AvgIpc) is 3.20. The zero-order chi connectivity index (χ0) is 18.9. The van der Waals surface area contributed by atoms with E-state index in [1.54, 1.807) is 0 Å². The molecule has 0 unspecified atom stereocenters. The van der Waals surface area contributed by atoms with E-state index in [0.29, 0.717) is 6.61 Å². The number of hydrogen-bond acceptors (Lipinski definition) is 4. The highest BCUT2D eigenvalue weighted by Crippen LogP contribution is 2.48. The molecule has 0 aromatic heterocycles. The van der Waals surface area contributed by atoms with Crippen LogP contribution in [0.2, 0.25) is 0 Å². The van der Waals surface area contributed by atoms with Crippen LogP contribution in [0.1, 0.15) is 48.3 Å². The van der Waals surface area contributed by atoms with Gasteiger partial charge in [0.2, 0.25) is 0 Å². The number of para-hydroxylation sites is 1. The molecule has 4 heteroatoms. The Morgan fingerprint density at radius 1 is 0.929 bits per heavy atom. The standard InChI is InChI=1S/C24H24N2O2/c1-2-27-19-14-12-18(13-15-19)24-26-22(20-10-6-7-11-23(20)28-24)16-21(25-26)17-8-4-3-5-9-17/h3-15,21-22,24-25H,2,16H2,1H3/t21-,22+,24+/m1/s1. The largest absolute Gasteiger partial charge is 0.494 e. The minimum Gasteiger partial charge on any atom is -0.494 e. The van der Waals surface area contributed by atoms with Crippen LogP contribution in [0.25, 0.3) is 0 Å². The van der Waals surface area contributed by atoms with Gasteiger partial charge in [-0.2, -0.15) is 5.01 Å². The Morgan fingerprint density at radius 2 is 1.68 bits per heavy atom. The van der Waals surface area contributed by atoms with Crippen molar-refractivity contribution in [3.05, 3.63) is 95.6 Å². The number of hydrogen-bond donors (Lipinski definition) is 1. The third-order valence-corrected chi connectivity index (χ3v) is 5.55. The first kappa shape index (κ1) is 17.3. The summed E-state index contributed by atoms with van der Waals surface area (Å²) >= 11 is 0. The molecule has 3 aromatic carbocycles. The summed E-state index contributed by atoms with van der Waals surface area (Å²) in [5, 5.41) is 2.27. The fraction of sp³-hybridized carbons (Fsp3) is 0.250. The SMILES string of the molecule is CCOc1ccc([C@@H]2Oc3ccccc3[C@@H]3C[C@H](c4ccccc4)NN32)cc1. The van der Waals surface area contributed by atoms with Gasteiger partial charge < -0.3 is 9.47 Å². The van der Waals surface area contributed by atoms with Crippen LogP contribution < -0.4 is 14.9 Å². The maximum Gasteiger partial charge on any atom is 0.191 e. The minimum atomic E-state index is -0.177. The van der Waals surface area contributed by atoms with Gasteiger partial charge in [0.05, 0.1) is 12.6 Å². The van der Waals surface area contributed by atoms with Gasteiger partial charge in [-0.1, -0.05) is 60.7 Å². The van der Waals surface area contributed by atoms with Gasteiger partial charge in [0.25, 0.3) is 0 Å². The smallest absolute Gasteiger partial charge is 0.191 e. The van der Waals surface area contributed by atoms with E-state index in [-0.39, 0.29) is 18.3 Å². The van der Waals surface area contributed by atoms with Gasteiger partial charge >= 0.3 is 0 Å². The van der Waals surface area contributed by atoms with Crippen molar-refractivity contribution in [2.45, 2.75) is 31.7 Å². The van der Waals surface area contributed by atoms with Gasteiger partial charge in [0, 0.05) is 17.2 Å². The fourth-order valence-electron chi connectivity index (χ4n) is 4.23. The lowest BCUT2D eigenvalue weighted by Gasteiger charge is -2.38. The Labute approximate surface area is 165 Å². The van der Waals surface area contributed by atoms with Crippen LogP contribution in [0.3, 0.4) is 0 Å². The second kappa shape index (κ2) is 7.30. The Bertz CT molecular complexity index is 942. The second-order valence-electron chi connectivity index (χ2n) is 7.26. The molecule has 1 saturated heterocycles. The van der Waals surface area contributed by atoms with E-state index in [4.69, 9.17) is 9.47 Å². The maximum atomic E-state index is 6.44. The number of nitrogens with one attached hydrogen (secondary N) is 1. The molecule has 0 amide bonds. The first-order chi connectivity index (χ1) is 13.8. The van der Waals surface area contributed by atoms with Gasteiger partial charge in [-0.25, -0.2) is 5.43 Å². The van der Waals surface area contributed by atoms with Crippen LogP contribution in [0, 0.1) is 0 Å². The molecule has 2 aliphatic rings. The van der Waals surface area contributed by atoms with Crippen LogP contribution in [-0.2, 0) is 0 Å². The number of rotatable bonds is 4. The van der Waals surface area contributed by atoms with Crippen LogP contribution >= 0.6 is 0 Å². The molecule has 28 heavy (non-hydrogen) atoms. The molecule has 0 aliphatic carbocycles. The molecule has 1 N–H and O–H groups in total. The summed E-state index contributed by atoms with van der Waals surface area (Å²) < 4.78 is 12.0. The molecule has 0 radical (unpaired) electrons. The highest BCUT2D eigenvalue weighted by atomic mass is 16.5. The zero-order valence-electron chi connectivity index (χ0n) is 15.9. The topological polar surface area (TPSA) is 33.7 Å². The van der Waals surface area contributed by atoms with E-state index in [2.05, 4.69) is 71.1 Å². The van der Waals surface area contributed by atoms with Gasteiger partial charge in [-0.3, -0.25) is 0 Å². The molecule has 3 atom stereocenters. The van der Waals surface area contributed by atoms with Crippen LogP contribution in [0.4, 0.5) is 0 Å². The minimum absolute atomic E-state index is 0.177. The normalized spacial score (nSPS) is 23.5. The second-order valence-corrected chi connectivity index (χ2v) is 7.26. The Hall–Kier alpha value is -2.82. The summed E-state index contributed by atoms with van der Waals surface area (Å²) in [4.78, 5) is 0. The summed E-state index contributed by atoms with van der Waals surface area (Å²) in [5.74, 6) is 1.86. The third-order valence-electron chi connectivity index (χ3n) is 5.55. The average molecular weight is 372 g/mol. The predicted molar refractivity (Wildman–Crippen MR) is 109 cm³/mol. The Balaban J connectivity index is 1.50. The molecule has 2 heterocycles. The number of benzene rings is 3. The van der Waals surface area contributed by atoms with E-state index in [0.717, 1.165) is 23.5 Å². The van der Waals surface area contributed by atoms with Crippen molar-refractivity contribution in [1.82, 2.24) is 10.4 Å². The first-order valence-electron chi connectivity index (χ1n) is 9.91. The van der Waals surface area contributed by atoms with Crippen molar-refractivity contribution in [1.29, 1.82) is 0 Å². The summed E-state index contributed by atoms with van der Waals surface area (Å²) in [5.41, 5.74) is 7.38. The van der Waals surface area contributed by atoms with E-state index in [1.165, 1.54) is 11.1 Å². The zero-order valence-corrected chi connectivity index (χ0v) is 15.9. The first-order valence-corrected chi connectivity index (χ1v) is 9.91. The fourth-order valence-corrected chi connectivity index (χ4v) is 4.23. The molecule has 5 rings (SSSR count). The van der Waals surface area contributed by atoms with Gasteiger partial charge in [0.1, 0.15) is 11.5 Å². The molecule has 1 fully saturated rings. The van der Waals surface area contributed by atoms with Crippen molar-refractivity contribution in [2.24, 2.45) is 0 Å². The molecular formula is C24H24N2O2. The number of nitrogens with zero attached hydrogens (tertiary/aromatic N) is 1. The van der Waals surface area contributed by atoms with Crippen molar-refractivity contribution >= 4 is 0 Å². The maximum absolute atomic E-state index is 6.44. The van der Waals surface area contributed by atoms with Crippen LogP contribution in [0.15, 0.2) is 78.9 Å². The van der Waals surface area contributed by atoms with E-state index >= 15 is 0 Å². The molecular weight excluding hydrogens is 348 g/mol. The Kier molecular flexibility index (Phi) is 4.51. The quantitative estimate of drug-likeness (QED) is 0.685. The van der Waals surface area contributed by atoms with Gasteiger partial charge in [0.15, 0.2) is 6.23 Å². The van der Waals surface area contributed by atoms with Gasteiger partial charge in [-0.05, 0) is 37.1 Å². The highest BCUT2D eigenvalue weighted by molar-refractivity contribution is 5.41. The monoisotopic (exact) mass is 372 g/mol. The lowest BCUT2D eigenvalue weighted by molar-refractivity contribution is -0.0434. The molecule has 2 aliphatic heterocycles. The molecule has 142 valence electrons. The highest BCUT2D eigenvalue weighted by Gasteiger charge is 2.43. The van der Waals surface area contributed by atoms with E-state index in [1.807, 2.05) is 25.1 Å². The van der Waals surface area contributed by atoms with E-state index in [9.17, 15) is 0 Å². The van der Waals surface area contributed by atoms with Crippen LogP contribution in [0.5, 0.6) is 11.5 Å². The van der Waals surface area contributed by atoms with Crippen molar-refractivity contribution in [2.75, 3.05) is 6.61 Å². The number of fused-ring (bicyclic) bond motifs is 3. The van der Waals surface area contributed by atoms with E-state index < -0.39 is 0 Å². The summed E-state index contributed by atoms with van der Waals surface area (Å²) in [6.07, 6.45) is 0.835. The summed E-state index contributed by atoms with van der Waals surface area (Å²) in [6, 6.07) is 27.8. The molecule has 3 aromatic rings. The summed E-state index contributed by atoms with van der Waals surface area (Å²) in [6.45, 7) is 2.67. The van der Waals surface area contributed by atoms with Crippen molar-refractivity contribution in [3.8, 4) is 11.5 Å². The number of ether oxygens (including phenoxy) is 2. The molecule has 0 saturated carbocycles. The van der Waals surface area contributed by atoms with Crippen molar-refractivity contribution in [3.63, 3.8) is 0 Å². The summed E-state index contributed by atoms with van der Waals surface area (Å²) in [7, 11) is 0.